The summed E-state index contributed by atoms with van der Waals surface area (Å²) >= 11 is 0. The monoisotopic (exact) mass is 602 g/mol. The van der Waals surface area contributed by atoms with E-state index in [1.54, 1.807) is 4.80 Å². The minimum absolute atomic E-state index is 0.0616. The lowest BCUT2D eigenvalue weighted by Crippen LogP contribution is -2.39. The van der Waals surface area contributed by atoms with Crippen LogP contribution >= 0.6 is 0 Å². The maximum Gasteiger partial charge on any atom is 0.166 e. The fourth-order valence-electron chi connectivity index (χ4n) is 5.56. The Morgan fingerprint density at radius 1 is 0.500 bits per heavy atom. The maximum atomic E-state index is 4.63. The number of hydrogen-bond donors (Lipinski definition) is 2. The number of allylic oxidation sites excluding steroid dienone is 2. The van der Waals surface area contributed by atoms with E-state index in [2.05, 4.69) is 97.9 Å². The van der Waals surface area contributed by atoms with Gasteiger partial charge in [0, 0.05) is 11.4 Å². The highest BCUT2D eigenvalue weighted by atomic mass is 15.6. The molecule has 0 bridgehead atoms. The van der Waals surface area contributed by atoms with E-state index in [1.807, 2.05) is 108 Å². The third-order valence-electron chi connectivity index (χ3n) is 7.85. The largest absolute Gasteiger partial charge is 0.360 e. The van der Waals surface area contributed by atoms with Crippen molar-refractivity contribution >= 4 is 22.4 Å². The van der Waals surface area contributed by atoms with Gasteiger partial charge in [0.15, 0.2) is 6.17 Å². The Bertz CT molecular complexity index is 1890. The highest BCUT2D eigenvalue weighted by Crippen LogP contribution is 2.33. The van der Waals surface area contributed by atoms with Crippen LogP contribution in [0, 0.1) is 0 Å². The zero-order valence-electron chi connectivity index (χ0n) is 25.2. The molecule has 1 aliphatic heterocycles. The first-order valence-electron chi connectivity index (χ1n) is 15.4. The summed E-state index contributed by atoms with van der Waals surface area (Å²) in [6, 6.07) is 49.1. The van der Waals surface area contributed by atoms with Gasteiger partial charge in [-0.15, -0.1) is 0 Å². The van der Waals surface area contributed by atoms with E-state index in [9.17, 15) is 0 Å². The van der Waals surface area contributed by atoms with Crippen molar-refractivity contribution in [3.63, 3.8) is 0 Å². The minimum Gasteiger partial charge on any atom is -0.360 e. The van der Waals surface area contributed by atoms with E-state index in [-0.39, 0.29) is 24.4 Å². The van der Waals surface area contributed by atoms with Gasteiger partial charge in [-0.1, -0.05) is 139 Å². The molecule has 226 valence electrons. The van der Waals surface area contributed by atoms with Crippen molar-refractivity contribution in [2.75, 3.05) is 10.6 Å². The molecule has 8 heteroatoms. The summed E-state index contributed by atoms with van der Waals surface area (Å²) in [4.78, 5) is 1.74. The molecule has 0 saturated heterocycles. The standard InChI is InChI=1S/C19H18N4.C19H16N4/c1-3-9-15(10-4-1)19(20-16-11-5-2-6-12-16)23-18-14-8-7-13-17(18)21-22-23;1-3-9-15(10-4-1)19(20-16-11-5-2-6-12-16)23-21-17-13-7-8-14-18(17)22-23/h1-14,17-20H;1-14,19-20H. The number of rotatable bonds is 8. The maximum absolute atomic E-state index is 4.63. The third-order valence-corrected chi connectivity index (χ3v) is 7.85. The molecule has 46 heavy (non-hydrogen) atoms. The fraction of sp³-hybridized carbons (Fsp3) is 0.105. The van der Waals surface area contributed by atoms with Crippen molar-refractivity contribution in [2.45, 2.75) is 24.4 Å². The molecule has 8 nitrogen and oxygen atoms in total. The second kappa shape index (κ2) is 13.7. The van der Waals surface area contributed by atoms with Crippen molar-refractivity contribution in [3.8, 4) is 0 Å². The first kappa shape index (κ1) is 28.7. The van der Waals surface area contributed by atoms with Crippen LogP contribution in [-0.2, 0) is 0 Å². The van der Waals surface area contributed by atoms with Crippen molar-refractivity contribution in [1.82, 2.24) is 20.0 Å². The molecule has 2 aliphatic rings. The molecule has 5 aromatic carbocycles. The zero-order chi connectivity index (χ0) is 31.0. The molecule has 0 spiro atoms. The molecular formula is C38H34N8. The summed E-state index contributed by atoms with van der Waals surface area (Å²) < 4.78 is 0. The molecule has 4 atom stereocenters. The molecular weight excluding hydrogens is 568 g/mol. The molecule has 6 aromatic rings. The van der Waals surface area contributed by atoms with Crippen LogP contribution in [0.25, 0.3) is 11.0 Å². The summed E-state index contributed by atoms with van der Waals surface area (Å²) in [6.07, 6.45) is 8.13. The van der Waals surface area contributed by atoms with E-state index in [0.29, 0.717) is 0 Å². The van der Waals surface area contributed by atoms with Crippen LogP contribution in [0.15, 0.2) is 180 Å². The molecule has 0 saturated carbocycles. The van der Waals surface area contributed by atoms with Crippen molar-refractivity contribution in [3.05, 3.63) is 181 Å². The molecule has 8 rings (SSSR count). The van der Waals surface area contributed by atoms with E-state index in [4.69, 9.17) is 0 Å². The Hall–Kier alpha value is -6.02. The fourth-order valence-corrected chi connectivity index (χ4v) is 5.56. The van der Waals surface area contributed by atoms with Crippen LogP contribution < -0.4 is 10.6 Å². The third kappa shape index (κ3) is 6.56. The predicted molar refractivity (Wildman–Crippen MR) is 184 cm³/mol. The molecule has 2 heterocycles. The van der Waals surface area contributed by atoms with Crippen LogP contribution in [0.3, 0.4) is 0 Å². The van der Waals surface area contributed by atoms with Gasteiger partial charge >= 0.3 is 0 Å². The van der Waals surface area contributed by atoms with Gasteiger partial charge in [-0.3, -0.25) is 0 Å². The molecule has 2 N–H and O–H groups in total. The van der Waals surface area contributed by atoms with Gasteiger partial charge in [-0.05, 0) is 47.5 Å². The average molecular weight is 603 g/mol. The van der Waals surface area contributed by atoms with Crippen LogP contribution in [0.1, 0.15) is 23.5 Å². The van der Waals surface area contributed by atoms with E-state index < -0.39 is 0 Å². The normalized spacial score (nSPS) is 17.5. The van der Waals surface area contributed by atoms with Crippen LogP contribution in [-0.4, -0.2) is 32.1 Å². The number of aromatic nitrogens is 3. The number of nitrogens with zero attached hydrogens (tertiary/aromatic N) is 6. The molecule has 0 amide bonds. The van der Waals surface area contributed by atoms with E-state index in [1.165, 1.54) is 5.56 Å². The SMILES string of the molecule is C1=CC2N=NN(C(Nc3ccccc3)c3ccccc3)C2C=C1.c1ccc(NC(c2ccccc2)n2nc3ccccc3n2)cc1. The van der Waals surface area contributed by atoms with Crippen LogP contribution in [0.2, 0.25) is 0 Å². The Balaban J connectivity index is 0.000000147. The minimum atomic E-state index is -0.161. The average Bonchev–Trinajstić information content (AvgIpc) is 3.76. The van der Waals surface area contributed by atoms with Gasteiger partial charge in [-0.25, -0.2) is 5.01 Å². The molecule has 1 aromatic heterocycles. The molecule has 1 aliphatic carbocycles. The summed E-state index contributed by atoms with van der Waals surface area (Å²) in [5.41, 5.74) is 6.15. The van der Waals surface area contributed by atoms with Gasteiger partial charge in [0.25, 0.3) is 0 Å². The van der Waals surface area contributed by atoms with Gasteiger partial charge in [0.05, 0.1) is 6.04 Å². The van der Waals surface area contributed by atoms with Crippen LogP contribution in [0.5, 0.6) is 0 Å². The predicted octanol–water partition coefficient (Wildman–Crippen LogP) is 8.43. The lowest BCUT2D eigenvalue weighted by molar-refractivity contribution is 0.204. The van der Waals surface area contributed by atoms with Crippen LogP contribution in [0.4, 0.5) is 11.4 Å². The number of hydrogen-bond acceptors (Lipinski definition) is 7. The quantitative estimate of drug-likeness (QED) is 0.183. The Labute approximate surface area is 268 Å². The smallest absolute Gasteiger partial charge is 0.166 e. The van der Waals surface area contributed by atoms with Crippen molar-refractivity contribution in [1.29, 1.82) is 0 Å². The van der Waals surface area contributed by atoms with Crippen molar-refractivity contribution in [2.24, 2.45) is 10.3 Å². The lowest BCUT2D eigenvalue weighted by Gasteiger charge is -2.32. The number of anilines is 2. The highest BCUT2D eigenvalue weighted by Gasteiger charge is 2.35. The summed E-state index contributed by atoms with van der Waals surface area (Å²) in [7, 11) is 0. The second-order valence-electron chi connectivity index (χ2n) is 11.0. The topological polar surface area (TPSA) is 82.7 Å². The number of benzene rings is 5. The Morgan fingerprint density at radius 2 is 0.957 bits per heavy atom. The number of para-hydroxylation sites is 2. The first-order chi connectivity index (χ1) is 22.8. The van der Waals surface area contributed by atoms with E-state index in [0.717, 1.165) is 28.0 Å². The Kier molecular flexibility index (Phi) is 8.58. The zero-order valence-corrected chi connectivity index (χ0v) is 25.2. The van der Waals surface area contributed by atoms with E-state index >= 15 is 0 Å². The Morgan fingerprint density at radius 3 is 1.52 bits per heavy atom. The summed E-state index contributed by atoms with van der Waals surface area (Å²) in [5.74, 6) is 0. The first-order valence-corrected chi connectivity index (χ1v) is 15.4. The van der Waals surface area contributed by atoms with Crippen molar-refractivity contribution < 1.29 is 0 Å². The highest BCUT2D eigenvalue weighted by molar-refractivity contribution is 5.73. The summed E-state index contributed by atoms with van der Waals surface area (Å²) in [6.45, 7) is 0. The molecule has 0 radical (unpaired) electrons. The van der Waals surface area contributed by atoms with Gasteiger partial charge in [-0.2, -0.15) is 20.1 Å². The summed E-state index contributed by atoms with van der Waals surface area (Å²) in [5, 5.41) is 27.2. The number of nitrogens with one attached hydrogen (secondary N) is 2. The van der Waals surface area contributed by atoms with Gasteiger partial charge < -0.3 is 10.6 Å². The lowest BCUT2D eigenvalue weighted by atomic mass is 10.0. The molecule has 0 fully saturated rings. The number of fused-ring (bicyclic) bond motifs is 2. The van der Waals surface area contributed by atoms with Gasteiger partial charge in [0.1, 0.15) is 23.2 Å². The van der Waals surface area contributed by atoms with Gasteiger partial charge in [0.2, 0.25) is 0 Å². The second-order valence-corrected chi connectivity index (χ2v) is 11.0. The molecule has 4 unspecified atom stereocenters.